The minimum atomic E-state index is -0.237. The number of benzene rings is 1. The van der Waals surface area contributed by atoms with Crippen LogP contribution in [0.5, 0.6) is 0 Å². The van der Waals surface area contributed by atoms with Crippen LogP contribution in [0.3, 0.4) is 0 Å². The van der Waals surface area contributed by atoms with Gasteiger partial charge in [-0.15, -0.1) is 0 Å². The molecule has 2 aliphatic rings. The molecular weight excluding hydrogens is 317 g/mol. The Kier molecular flexibility index (Phi) is 4.32. The number of carbonyl (C=O) groups is 1. The molecule has 2 aliphatic carbocycles. The number of nitrogens with zero attached hydrogens (tertiary/aromatic N) is 2. The number of carbonyl (C=O) groups excluding carboxylic acids is 1. The van der Waals surface area contributed by atoms with Crippen molar-refractivity contribution in [2.75, 3.05) is 0 Å². The smallest absolute Gasteiger partial charge is 0.224 e. The zero-order valence-electron chi connectivity index (χ0n) is 14.5. The number of rotatable bonds is 5. The van der Waals surface area contributed by atoms with Crippen LogP contribution in [0.25, 0.3) is 0 Å². The maximum atomic E-state index is 13.3. The zero-order chi connectivity index (χ0) is 17.4. The van der Waals surface area contributed by atoms with Crippen LogP contribution in [-0.4, -0.2) is 15.7 Å². The summed E-state index contributed by atoms with van der Waals surface area (Å²) in [7, 11) is 1.89. The number of hydrogen-bond donors (Lipinski definition) is 1. The molecule has 0 radical (unpaired) electrons. The summed E-state index contributed by atoms with van der Waals surface area (Å²) in [5, 5.41) is 7.48. The predicted octanol–water partition coefficient (Wildman–Crippen LogP) is 3.71. The predicted molar refractivity (Wildman–Crippen MR) is 93.3 cm³/mol. The van der Waals surface area contributed by atoms with Gasteiger partial charge >= 0.3 is 0 Å². The lowest BCUT2D eigenvalue weighted by atomic mass is 9.91. The Hall–Kier alpha value is -2.17. The van der Waals surface area contributed by atoms with E-state index in [9.17, 15) is 9.18 Å². The highest BCUT2D eigenvalue weighted by Crippen LogP contribution is 2.48. The van der Waals surface area contributed by atoms with Crippen molar-refractivity contribution in [1.29, 1.82) is 0 Å². The minimum Gasteiger partial charge on any atom is -0.349 e. The van der Waals surface area contributed by atoms with Crippen LogP contribution >= 0.6 is 0 Å². The normalized spacial score (nSPS) is 24.2. The summed E-state index contributed by atoms with van der Waals surface area (Å²) in [6.45, 7) is 0. The number of aryl methyl sites for hydroxylation is 1. The quantitative estimate of drug-likeness (QED) is 0.901. The van der Waals surface area contributed by atoms with Crippen molar-refractivity contribution in [2.45, 2.75) is 44.1 Å². The van der Waals surface area contributed by atoms with Gasteiger partial charge < -0.3 is 5.32 Å². The van der Waals surface area contributed by atoms with E-state index in [0.717, 1.165) is 30.4 Å². The van der Waals surface area contributed by atoms with Crippen LogP contribution in [0, 0.1) is 17.7 Å². The Morgan fingerprint density at radius 1 is 1.28 bits per heavy atom. The molecule has 1 amide bonds. The SMILES string of the molecule is Cn1cc([C@@H]2C[C@@H]2C(=O)N[C@H](c2ccc(F)cc2)C2CCCC2)cn1. The molecule has 0 spiro atoms. The topological polar surface area (TPSA) is 46.9 Å². The molecular formula is C20H24FN3O. The van der Waals surface area contributed by atoms with Gasteiger partial charge in [-0.05, 0) is 54.4 Å². The van der Waals surface area contributed by atoms with E-state index < -0.39 is 0 Å². The molecule has 0 saturated heterocycles. The molecule has 25 heavy (non-hydrogen) atoms. The Labute approximate surface area is 147 Å². The third kappa shape index (κ3) is 3.46. The fourth-order valence-electron chi connectivity index (χ4n) is 4.18. The van der Waals surface area contributed by atoms with E-state index in [4.69, 9.17) is 0 Å². The summed E-state index contributed by atoms with van der Waals surface area (Å²) in [4.78, 5) is 12.8. The standard InChI is InChI=1S/C20H24FN3O/c1-24-12-15(11-22-24)17-10-18(17)20(25)23-19(13-4-2-3-5-13)14-6-8-16(21)9-7-14/h6-9,11-13,17-19H,2-5,10H2,1H3,(H,23,25)/t17-,18-,19-/m0/s1. The van der Waals surface area contributed by atoms with E-state index in [1.54, 1.807) is 4.68 Å². The van der Waals surface area contributed by atoms with E-state index in [1.165, 1.54) is 25.0 Å². The maximum absolute atomic E-state index is 13.3. The summed E-state index contributed by atoms with van der Waals surface area (Å²) < 4.78 is 15.1. The maximum Gasteiger partial charge on any atom is 0.224 e. The molecule has 5 heteroatoms. The van der Waals surface area contributed by atoms with Crippen LogP contribution in [0.15, 0.2) is 36.7 Å². The summed E-state index contributed by atoms with van der Waals surface area (Å²) in [6.07, 6.45) is 9.40. The molecule has 3 atom stereocenters. The molecule has 1 heterocycles. The fraction of sp³-hybridized carbons (Fsp3) is 0.500. The van der Waals surface area contributed by atoms with Gasteiger partial charge in [0.15, 0.2) is 0 Å². The van der Waals surface area contributed by atoms with Crippen molar-refractivity contribution < 1.29 is 9.18 Å². The van der Waals surface area contributed by atoms with Crippen molar-refractivity contribution in [1.82, 2.24) is 15.1 Å². The molecule has 1 N–H and O–H groups in total. The summed E-state index contributed by atoms with van der Waals surface area (Å²) in [6, 6.07) is 6.58. The molecule has 0 bridgehead atoms. The summed E-state index contributed by atoms with van der Waals surface area (Å²) in [5.41, 5.74) is 2.15. The van der Waals surface area contributed by atoms with Gasteiger partial charge in [0.05, 0.1) is 12.2 Å². The molecule has 4 nitrogen and oxygen atoms in total. The number of hydrogen-bond acceptors (Lipinski definition) is 2. The van der Waals surface area contributed by atoms with Crippen LogP contribution in [-0.2, 0) is 11.8 Å². The van der Waals surface area contributed by atoms with Crippen LogP contribution < -0.4 is 5.32 Å². The van der Waals surface area contributed by atoms with Gasteiger partial charge in [-0.1, -0.05) is 25.0 Å². The van der Waals surface area contributed by atoms with Crippen LogP contribution in [0.2, 0.25) is 0 Å². The molecule has 0 unspecified atom stereocenters. The first-order chi connectivity index (χ1) is 12.1. The van der Waals surface area contributed by atoms with Crippen LogP contribution in [0.4, 0.5) is 4.39 Å². The molecule has 4 rings (SSSR count). The summed E-state index contributed by atoms with van der Waals surface area (Å²) >= 11 is 0. The Bertz CT molecular complexity index is 749. The number of amides is 1. The number of aromatic nitrogens is 2. The summed E-state index contributed by atoms with van der Waals surface area (Å²) in [5.74, 6) is 0.652. The lowest BCUT2D eigenvalue weighted by Crippen LogP contribution is -2.34. The third-order valence-electron chi connectivity index (χ3n) is 5.68. The molecule has 132 valence electrons. The lowest BCUT2D eigenvalue weighted by Gasteiger charge is -2.25. The van der Waals surface area contributed by atoms with Gasteiger partial charge in [-0.25, -0.2) is 4.39 Å². The Morgan fingerprint density at radius 3 is 2.64 bits per heavy atom. The lowest BCUT2D eigenvalue weighted by molar-refractivity contribution is -0.123. The zero-order valence-corrected chi connectivity index (χ0v) is 14.5. The van der Waals surface area contributed by atoms with Crippen molar-refractivity contribution in [3.05, 3.63) is 53.6 Å². The van der Waals surface area contributed by atoms with E-state index in [1.807, 2.05) is 31.6 Å². The molecule has 0 aliphatic heterocycles. The van der Waals surface area contributed by atoms with E-state index >= 15 is 0 Å². The van der Waals surface area contributed by atoms with Crippen molar-refractivity contribution in [3.8, 4) is 0 Å². The Morgan fingerprint density at radius 2 is 2.00 bits per heavy atom. The van der Waals surface area contributed by atoms with Crippen molar-refractivity contribution >= 4 is 5.91 Å². The van der Waals surface area contributed by atoms with Gasteiger partial charge in [0.25, 0.3) is 0 Å². The highest BCUT2D eigenvalue weighted by Gasteiger charge is 2.45. The first-order valence-corrected chi connectivity index (χ1v) is 9.16. The monoisotopic (exact) mass is 341 g/mol. The van der Waals surface area contributed by atoms with E-state index in [-0.39, 0.29) is 29.6 Å². The first-order valence-electron chi connectivity index (χ1n) is 9.16. The molecule has 2 fully saturated rings. The molecule has 1 aromatic carbocycles. The number of nitrogens with one attached hydrogen (secondary N) is 1. The second-order valence-corrected chi connectivity index (χ2v) is 7.48. The van der Waals surface area contributed by atoms with E-state index in [2.05, 4.69) is 10.4 Å². The number of halogens is 1. The van der Waals surface area contributed by atoms with Crippen LogP contribution in [0.1, 0.15) is 55.2 Å². The van der Waals surface area contributed by atoms with Gasteiger partial charge in [0.2, 0.25) is 5.91 Å². The highest BCUT2D eigenvalue weighted by atomic mass is 19.1. The largest absolute Gasteiger partial charge is 0.349 e. The highest BCUT2D eigenvalue weighted by molar-refractivity contribution is 5.83. The molecule has 2 saturated carbocycles. The first kappa shape index (κ1) is 16.3. The Balaban J connectivity index is 1.47. The minimum absolute atomic E-state index is 0.00857. The third-order valence-corrected chi connectivity index (χ3v) is 5.68. The van der Waals surface area contributed by atoms with Gasteiger partial charge in [0.1, 0.15) is 5.82 Å². The fourth-order valence-corrected chi connectivity index (χ4v) is 4.18. The van der Waals surface area contributed by atoms with Crippen molar-refractivity contribution in [2.24, 2.45) is 18.9 Å². The average Bonchev–Trinajstić information content (AvgIpc) is 3.01. The second kappa shape index (κ2) is 6.62. The van der Waals surface area contributed by atoms with E-state index in [0.29, 0.717) is 5.92 Å². The average molecular weight is 341 g/mol. The molecule has 2 aromatic rings. The van der Waals surface area contributed by atoms with Crippen molar-refractivity contribution in [3.63, 3.8) is 0 Å². The molecule has 1 aromatic heterocycles. The second-order valence-electron chi connectivity index (χ2n) is 7.48. The van der Waals surface area contributed by atoms with Gasteiger partial charge in [-0.2, -0.15) is 5.10 Å². The van der Waals surface area contributed by atoms with Gasteiger partial charge in [0, 0.05) is 19.2 Å². The van der Waals surface area contributed by atoms with Gasteiger partial charge in [-0.3, -0.25) is 9.48 Å².